The molecule has 1 aliphatic heterocycles. The number of nitrogens with zero attached hydrogens (tertiary/aromatic N) is 3. The van der Waals surface area contributed by atoms with Crippen molar-refractivity contribution in [3.63, 3.8) is 0 Å². The Morgan fingerprint density at radius 1 is 1.20 bits per heavy atom. The van der Waals surface area contributed by atoms with E-state index in [1.807, 2.05) is 29.2 Å². The van der Waals surface area contributed by atoms with Crippen LogP contribution >= 0.6 is 23.2 Å². The van der Waals surface area contributed by atoms with Crippen molar-refractivity contribution in [2.45, 2.75) is 6.42 Å². The first kappa shape index (κ1) is 17.9. The molecule has 6 nitrogen and oxygen atoms in total. The number of ether oxygens (including phenoxy) is 1. The van der Waals surface area contributed by atoms with Gasteiger partial charge in [0.25, 0.3) is 5.91 Å². The van der Waals surface area contributed by atoms with E-state index in [1.165, 1.54) is 6.20 Å². The van der Waals surface area contributed by atoms with E-state index in [9.17, 15) is 4.79 Å². The molecular formula is C17H18Cl2N4O2. The van der Waals surface area contributed by atoms with E-state index in [2.05, 4.69) is 15.3 Å². The van der Waals surface area contributed by atoms with Crippen LogP contribution in [0.2, 0.25) is 10.0 Å². The first-order valence-corrected chi connectivity index (χ1v) is 8.77. The summed E-state index contributed by atoms with van der Waals surface area (Å²) in [6.07, 6.45) is 2.16. The Morgan fingerprint density at radius 3 is 2.64 bits per heavy atom. The second-order valence-electron chi connectivity index (χ2n) is 5.60. The minimum Gasteiger partial charge on any atom is -0.378 e. The van der Waals surface area contributed by atoms with Crippen LogP contribution in [0.25, 0.3) is 0 Å². The van der Waals surface area contributed by atoms with Gasteiger partial charge in [0.15, 0.2) is 5.69 Å². The number of nitrogens with one attached hydrogen (secondary N) is 1. The highest BCUT2D eigenvalue weighted by atomic mass is 35.5. The number of carbonyl (C=O) groups excluding carboxylic acids is 1. The van der Waals surface area contributed by atoms with E-state index in [1.54, 1.807) is 0 Å². The number of anilines is 1. The summed E-state index contributed by atoms with van der Waals surface area (Å²) in [5.74, 6) is 0.187. The summed E-state index contributed by atoms with van der Waals surface area (Å²) in [7, 11) is 0. The molecule has 2 heterocycles. The molecule has 1 fully saturated rings. The van der Waals surface area contributed by atoms with Gasteiger partial charge in [-0.05, 0) is 24.1 Å². The van der Waals surface area contributed by atoms with Crippen molar-refractivity contribution >= 4 is 35.1 Å². The van der Waals surface area contributed by atoms with Crippen molar-refractivity contribution in [3.05, 3.63) is 51.8 Å². The van der Waals surface area contributed by atoms with Crippen molar-refractivity contribution in [2.24, 2.45) is 0 Å². The van der Waals surface area contributed by atoms with Gasteiger partial charge in [0, 0.05) is 24.7 Å². The lowest BCUT2D eigenvalue weighted by molar-refractivity contribution is 0.0949. The normalized spacial score (nSPS) is 14.4. The topological polar surface area (TPSA) is 67.4 Å². The van der Waals surface area contributed by atoms with Gasteiger partial charge in [-0.15, -0.1) is 0 Å². The predicted molar refractivity (Wildman–Crippen MR) is 97.6 cm³/mol. The Bertz CT molecular complexity index is 734. The SMILES string of the molecule is O=C(NCCc1ccc(Cl)cc1)c1nc(N2CCOCC2)ncc1Cl. The fraction of sp³-hybridized carbons (Fsp3) is 0.353. The molecule has 0 spiro atoms. The Hall–Kier alpha value is -1.89. The first-order valence-electron chi connectivity index (χ1n) is 8.01. The monoisotopic (exact) mass is 380 g/mol. The fourth-order valence-corrected chi connectivity index (χ4v) is 2.79. The molecule has 0 radical (unpaired) electrons. The van der Waals surface area contributed by atoms with Crippen molar-refractivity contribution < 1.29 is 9.53 Å². The molecule has 2 aromatic rings. The third-order valence-corrected chi connectivity index (χ3v) is 4.38. The number of hydrogen-bond acceptors (Lipinski definition) is 5. The quantitative estimate of drug-likeness (QED) is 0.863. The third-order valence-electron chi connectivity index (χ3n) is 3.85. The summed E-state index contributed by atoms with van der Waals surface area (Å²) < 4.78 is 5.31. The van der Waals surface area contributed by atoms with Crippen LogP contribution in [0.3, 0.4) is 0 Å². The van der Waals surface area contributed by atoms with Gasteiger partial charge in [0.05, 0.1) is 24.4 Å². The highest BCUT2D eigenvalue weighted by Crippen LogP contribution is 2.17. The van der Waals surface area contributed by atoms with Crippen LogP contribution in [-0.2, 0) is 11.2 Å². The maximum atomic E-state index is 12.4. The standard InChI is InChI=1S/C17H18Cl2N4O2/c18-13-3-1-12(2-4-13)5-6-20-16(24)15-14(19)11-21-17(22-15)23-7-9-25-10-8-23/h1-4,11H,5-10H2,(H,20,24). The van der Waals surface area contributed by atoms with Crippen molar-refractivity contribution in [1.29, 1.82) is 0 Å². The number of aromatic nitrogens is 2. The summed E-state index contributed by atoms with van der Waals surface area (Å²) in [6.45, 7) is 3.11. The number of hydrogen-bond donors (Lipinski definition) is 1. The van der Waals surface area contributed by atoms with Crippen molar-refractivity contribution in [3.8, 4) is 0 Å². The van der Waals surface area contributed by atoms with E-state index in [0.717, 1.165) is 5.56 Å². The molecule has 1 aromatic heterocycles. The van der Waals surface area contributed by atoms with E-state index >= 15 is 0 Å². The average Bonchev–Trinajstić information content (AvgIpc) is 2.64. The van der Waals surface area contributed by atoms with Crippen LogP contribution in [0, 0.1) is 0 Å². The van der Waals surface area contributed by atoms with Gasteiger partial charge in [-0.1, -0.05) is 35.3 Å². The van der Waals surface area contributed by atoms with Gasteiger partial charge < -0.3 is 15.0 Å². The Labute approximate surface area is 156 Å². The molecule has 1 saturated heterocycles. The number of benzene rings is 1. The molecular weight excluding hydrogens is 363 g/mol. The first-order chi connectivity index (χ1) is 12.1. The maximum absolute atomic E-state index is 12.4. The lowest BCUT2D eigenvalue weighted by Gasteiger charge is -2.26. The zero-order valence-electron chi connectivity index (χ0n) is 13.5. The summed E-state index contributed by atoms with van der Waals surface area (Å²) in [4.78, 5) is 22.9. The molecule has 1 amide bonds. The Balaban J connectivity index is 1.61. The second-order valence-corrected chi connectivity index (χ2v) is 6.44. The smallest absolute Gasteiger partial charge is 0.271 e. The Kier molecular flexibility index (Phi) is 6.07. The Morgan fingerprint density at radius 2 is 1.92 bits per heavy atom. The highest BCUT2D eigenvalue weighted by Gasteiger charge is 2.18. The zero-order chi connectivity index (χ0) is 17.6. The predicted octanol–water partition coefficient (Wildman–Crippen LogP) is 2.59. The van der Waals surface area contributed by atoms with Gasteiger partial charge in [0.1, 0.15) is 0 Å². The largest absolute Gasteiger partial charge is 0.378 e. The van der Waals surface area contributed by atoms with Crippen LogP contribution in [-0.4, -0.2) is 48.7 Å². The second kappa shape index (κ2) is 8.47. The van der Waals surface area contributed by atoms with Crippen LogP contribution in [0.5, 0.6) is 0 Å². The molecule has 1 aliphatic rings. The summed E-state index contributed by atoms with van der Waals surface area (Å²) in [5, 5.41) is 3.77. The van der Waals surface area contributed by atoms with Crippen molar-refractivity contribution in [2.75, 3.05) is 37.7 Å². The summed E-state index contributed by atoms with van der Waals surface area (Å²) in [6, 6.07) is 7.52. The molecule has 132 valence electrons. The fourth-order valence-electron chi connectivity index (χ4n) is 2.49. The number of morpholine rings is 1. The number of carbonyl (C=O) groups is 1. The third kappa shape index (κ3) is 4.81. The average molecular weight is 381 g/mol. The van der Waals surface area contributed by atoms with Crippen LogP contribution in [0.1, 0.15) is 16.1 Å². The van der Waals surface area contributed by atoms with Crippen LogP contribution in [0.15, 0.2) is 30.5 Å². The van der Waals surface area contributed by atoms with Gasteiger partial charge >= 0.3 is 0 Å². The molecule has 0 atom stereocenters. The molecule has 1 aromatic carbocycles. The van der Waals surface area contributed by atoms with E-state index in [4.69, 9.17) is 27.9 Å². The molecule has 25 heavy (non-hydrogen) atoms. The molecule has 8 heteroatoms. The molecule has 0 bridgehead atoms. The van der Waals surface area contributed by atoms with Gasteiger partial charge in [-0.25, -0.2) is 9.97 Å². The van der Waals surface area contributed by atoms with E-state index < -0.39 is 0 Å². The van der Waals surface area contributed by atoms with Gasteiger partial charge in [-0.3, -0.25) is 4.79 Å². The molecule has 3 rings (SSSR count). The minimum absolute atomic E-state index is 0.189. The molecule has 0 unspecified atom stereocenters. The molecule has 1 N–H and O–H groups in total. The zero-order valence-corrected chi connectivity index (χ0v) is 15.1. The van der Waals surface area contributed by atoms with Crippen molar-refractivity contribution in [1.82, 2.24) is 15.3 Å². The lowest BCUT2D eigenvalue weighted by atomic mass is 10.1. The van der Waals surface area contributed by atoms with E-state index in [-0.39, 0.29) is 16.6 Å². The van der Waals surface area contributed by atoms with Crippen LogP contribution in [0.4, 0.5) is 5.95 Å². The maximum Gasteiger partial charge on any atom is 0.271 e. The number of rotatable bonds is 5. The summed E-state index contributed by atoms with van der Waals surface area (Å²) >= 11 is 12.0. The van der Waals surface area contributed by atoms with Gasteiger partial charge in [0.2, 0.25) is 5.95 Å². The molecule has 0 saturated carbocycles. The summed E-state index contributed by atoms with van der Waals surface area (Å²) in [5.41, 5.74) is 1.28. The van der Waals surface area contributed by atoms with Crippen LogP contribution < -0.4 is 10.2 Å². The number of halogens is 2. The molecule has 0 aliphatic carbocycles. The minimum atomic E-state index is -0.309. The van der Waals surface area contributed by atoms with Gasteiger partial charge in [-0.2, -0.15) is 0 Å². The van der Waals surface area contributed by atoms with E-state index in [0.29, 0.717) is 50.2 Å². The lowest BCUT2D eigenvalue weighted by Crippen LogP contribution is -2.38. The number of amides is 1. The highest BCUT2D eigenvalue weighted by molar-refractivity contribution is 6.33.